The van der Waals surface area contributed by atoms with Gasteiger partial charge in [0.15, 0.2) is 0 Å². The minimum absolute atomic E-state index is 0.380. The van der Waals surface area contributed by atoms with Gasteiger partial charge in [-0.25, -0.2) is 0 Å². The lowest BCUT2D eigenvalue weighted by molar-refractivity contribution is -0.145. The highest BCUT2D eigenvalue weighted by Gasteiger charge is 2.21. The van der Waals surface area contributed by atoms with Crippen LogP contribution in [-0.2, 0) is 9.59 Å². The molecule has 5 heteroatoms. The molecule has 0 saturated carbocycles. The van der Waals surface area contributed by atoms with E-state index in [1.54, 1.807) is 4.90 Å². The molecule has 1 aliphatic rings. The van der Waals surface area contributed by atoms with Gasteiger partial charge < -0.3 is 15.5 Å². The molecule has 104 valence electrons. The third-order valence-corrected chi connectivity index (χ3v) is 3.14. The number of carbonyl (C=O) groups is 2. The number of unbranched alkanes of at least 4 members (excludes halogenated alkanes) is 3. The second kappa shape index (κ2) is 8.91. The molecule has 2 N–H and O–H groups in total. The molecule has 0 spiro atoms. The zero-order valence-corrected chi connectivity index (χ0v) is 11.3. The predicted molar refractivity (Wildman–Crippen MR) is 71.2 cm³/mol. The van der Waals surface area contributed by atoms with Gasteiger partial charge in [0.1, 0.15) is 0 Å². The van der Waals surface area contributed by atoms with Crippen molar-refractivity contribution >= 4 is 11.8 Å². The Morgan fingerprint density at radius 1 is 1.17 bits per heavy atom. The van der Waals surface area contributed by atoms with Crippen LogP contribution < -0.4 is 10.6 Å². The normalized spacial score (nSPS) is 16.2. The van der Waals surface area contributed by atoms with E-state index in [2.05, 4.69) is 17.6 Å². The van der Waals surface area contributed by atoms with Crippen LogP contribution in [0.25, 0.3) is 0 Å². The van der Waals surface area contributed by atoms with Gasteiger partial charge in [-0.2, -0.15) is 0 Å². The summed E-state index contributed by atoms with van der Waals surface area (Å²) in [6.07, 6.45) is 5.33. The molecule has 0 bridgehead atoms. The molecular formula is C13H25N3O2. The zero-order chi connectivity index (χ0) is 13.2. The van der Waals surface area contributed by atoms with Crippen LogP contribution in [-0.4, -0.2) is 49.4 Å². The summed E-state index contributed by atoms with van der Waals surface area (Å²) in [6.45, 7) is 5.75. The molecule has 0 aromatic heterocycles. The van der Waals surface area contributed by atoms with Crippen LogP contribution >= 0.6 is 0 Å². The second-order valence-electron chi connectivity index (χ2n) is 4.71. The predicted octanol–water partition coefficient (Wildman–Crippen LogP) is 0.505. The molecule has 1 heterocycles. The maximum Gasteiger partial charge on any atom is 0.311 e. The molecule has 18 heavy (non-hydrogen) atoms. The Morgan fingerprint density at radius 2 is 2.00 bits per heavy atom. The first-order chi connectivity index (χ1) is 8.75. The summed E-state index contributed by atoms with van der Waals surface area (Å²) in [4.78, 5) is 25.2. The number of rotatable bonds is 5. The molecule has 1 fully saturated rings. The molecule has 0 aliphatic carbocycles. The van der Waals surface area contributed by atoms with Crippen LogP contribution in [0, 0.1) is 0 Å². The van der Waals surface area contributed by atoms with Crippen molar-refractivity contribution in [1.82, 2.24) is 15.5 Å². The van der Waals surface area contributed by atoms with Gasteiger partial charge in [0.25, 0.3) is 0 Å². The maximum atomic E-state index is 11.9. The van der Waals surface area contributed by atoms with Gasteiger partial charge in [-0.3, -0.25) is 9.59 Å². The summed E-state index contributed by atoms with van der Waals surface area (Å²) >= 11 is 0. The third-order valence-electron chi connectivity index (χ3n) is 3.14. The van der Waals surface area contributed by atoms with E-state index in [0.717, 1.165) is 32.4 Å². The lowest BCUT2D eigenvalue weighted by Gasteiger charge is -2.19. The van der Waals surface area contributed by atoms with E-state index < -0.39 is 5.91 Å². The summed E-state index contributed by atoms with van der Waals surface area (Å²) in [6, 6.07) is 0. The number of amides is 2. The summed E-state index contributed by atoms with van der Waals surface area (Å²) in [5.74, 6) is -0.831. The number of nitrogens with one attached hydrogen (secondary N) is 2. The molecular weight excluding hydrogens is 230 g/mol. The van der Waals surface area contributed by atoms with Crippen LogP contribution in [0.2, 0.25) is 0 Å². The van der Waals surface area contributed by atoms with Gasteiger partial charge >= 0.3 is 11.8 Å². The Labute approximate surface area is 109 Å². The van der Waals surface area contributed by atoms with E-state index >= 15 is 0 Å². The number of hydrogen-bond acceptors (Lipinski definition) is 3. The number of hydrogen-bond donors (Lipinski definition) is 2. The minimum atomic E-state index is -0.451. The van der Waals surface area contributed by atoms with Gasteiger partial charge in [-0.05, 0) is 19.4 Å². The largest absolute Gasteiger partial charge is 0.348 e. The lowest BCUT2D eigenvalue weighted by atomic mass is 10.2. The summed E-state index contributed by atoms with van der Waals surface area (Å²) in [5.41, 5.74) is 0. The Kier molecular flexibility index (Phi) is 7.41. The first kappa shape index (κ1) is 15.0. The van der Waals surface area contributed by atoms with E-state index in [-0.39, 0.29) is 5.91 Å². The smallest absolute Gasteiger partial charge is 0.311 e. The molecule has 0 unspecified atom stereocenters. The fraction of sp³-hybridized carbons (Fsp3) is 0.846. The maximum absolute atomic E-state index is 11.9. The van der Waals surface area contributed by atoms with Crippen LogP contribution in [0.15, 0.2) is 0 Å². The van der Waals surface area contributed by atoms with Crippen molar-refractivity contribution in [1.29, 1.82) is 0 Å². The summed E-state index contributed by atoms with van der Waals surface area (Å²) < 4.78 is 0. The highest BCUT2D eigenvalue weighted by Crippen LogP contribution is 1.98. The zero-order valence-electron chi connectivity index (χ0n) is 11.3. The van der Waals surface area contributed by atoms with Crippen molar-refractivity contribution in [2.45, 2.75) is 39.0 Å². The second-order valence-corrected chi connectivity index (χ2v) is 4.71. The molecule has 0 aromatic rings. The molecule has 5 nitrogen and oxygen atoms in total. The van der Waals surface area contributed by atoms with Crippen molar-refractivity contribution in [3.63, 3.8) is 0 Å². The monoisotopic (exact) mass is 255 g/mol. The standard InChI is InChI=1S/C13H25N3O2/c1-2-3-4-5-8-15-12(17)13(18)16-10-6-7-14-9-11-16/h14H,2-11H2,1H3,(H,15,17). The Bertz CT molecular complexity index is 261. The van der Waals surface area contributed by atoms with Gasteiger partial charge in [-0.1, -0.05) is 26.2 Å². The van der Waals surface area contributed by atoms with Crippen LogP contribution in [0.4, 0.5) is 0 Å². The van der Waals surface area contributed by atoms with Crippen molar-refractivity contribution in [2.24, 2.45) is 0 Å². The average molecular weight is 255 g/mol. The number of nitrogens with zero attached hydrogens (tertiary/aromatic N) is 1. The highest BCUT2D eigenvalue weighted by atomic mass is 16.2. The number of carbonyl (C=O) groups excluding carboxylic acids is 2. The van der Waals surface area contributed by atoms with Gasteiger partial charge in [0.05, 0.1) is 0 Å². The molecule has 1 saturated heterocycles. The van der Waals surface area contributed by atoms with E-state index in [0.29, 0.717) is 19.6 Å². The van der Waals surface area contributed by atoms with Gasteiger partial charge in [-0.15, -0.1) is 0 Å². The third kappa shape index (κ3) is 5.49. The molecule has 2 amide bonds. The fourth-order valence-corrected chi connectivity index (χ4v) is 2.02. The van der Waals surface area contributed by atoms with E-state index in [1.807, 2.05) is 0 Å². The van der Waals surface area contributed by atoms with E-state index in [9.17, 15) is 9.59 Å². The van der Waals surface area contributed by atoms with E-state index in [1.165, 1.54) is 12.8 Å². The Balaban J connectivity index is 2.20. The quantitative estimate of drug-likeness (QED) is 0.556. The van der Waals surface area contributed by atoms with E-state index in [4.69, 9.17) is 0 Å². The Morgan fingerprint density at radius 3 is 2.78 bits per heavy atom. The fourth-order valence-electron chi connectivity index (χ4n) is 2.02. The molecule has 0 radical (unpaired) electrons. The van der Waals surface area contributed by atoms with Gasteiger partial charge in [0.2, 0.25) is 0 Å². The average Bonchev–Trinajstić information content (AvgIpc) is 2.66. The SMILES string of the molecule is CCCCCCNC(=O)C(=O)N1CCCNCC1. The summed E-state index contributed by atoms with van der Waals surface area (Å²) in [7, 11) is 0. The van der Waals surface area contributed by atoms with Crippen molar-refractivity contribution in [2.75, 3.05) is 32.7 Å². The van der Waals surface area contributed by atoms with Crippen molar-refractivity contribution in [3.05, 3.63) is 0 Å². The first-order valence-electron chi connectivity index (χ1n) is 7.03. The van der Waals surface area contributed by atoms with Crippen molar-refractivity contribution < 1.29 is 9.59 Å². The summed E-state index contributed by atoms with van der Waals surface area (Å²) in [5, 5.41) is 5.92. The first-order valence-corrected chi connectivity index (χ1v) is 7.03. The minimum Gasteiger partial charge on any atom is -0.348 e. The topological polar surface area (TPSA) is 61.4 Å². The van der Waals surface area contributed by atoms with Crippen LogP contribution in [0.5, 0.6) is 0 Å². The van der Waals surface area contributed by atoms with Crippen LogP contribution in [0.1, 0.15) is 39.0 Å². The molecule has 0 aromatic carbocycles. The molecule has 1 rings (SSSR count). The molecule has 0 atom stereocenters. The van der Waals surface area contributed by atoms with Crippen molar-refractivity contribution in [3.8, 4) is 0 Å². The Hall–Kier alpha value is -1.10. The van der Waals surface area contributed by atoms with Gasteiger partial charge in [0, 0.05) is 26.2 Å². The molecule has 1 aliphatic heterocycles. The lowest BCUT2D eigenvalue weighted by Crippen LogP contribution is -2.44. The highest BCUT2D eigenvalue weighted by molar-refractivity contribution is 6.35. The van der Waals surface area contributed by atoms with Crippen LogP contribution in [0.3, 0.4) is 0 Å².